The molecule has 7 heteroatoms. The lowest BCUT2D eigenvalue weighted by Gasteiger charge is -2.15. The first-order valence-corrected chi connectivity index (χ1v) is 5.35. The zero-order valence-electron chi connectivity index (χ0n) is 9.51. The number of anilines is 3. The van der Waals surface area contributed by atoms with Gasteiger partial charge >= 0.3 is 0 Å². The van der Waals surface area contributed by atoms with Crippen LogP contribution >= 0.6 is 0 Å². The number of hydrogen-bond donors (Lipinski definition) is 4. The fourth-order valence-corrected chi connectivity index (χ4v) is 1.57. The summed E-state index contributed by atoms with van der Waals surface area (Å²) < 4.78 is 0. The van der Waals surface area contributed by atoms with Crippen molar-refractivity contribution in [3.63, 3.8) is 0 Å². The number of H-pyrrole nitrogens is 1. The summed E-state index contributed by atoms with van der Waals surface area (Å²) in [7, 11) is 0. The van der Waals surface area contributed by atoms with Gasteiger partial charge in [0, 0.05) is 18.5 Å². The average Bonchev–Trinajstić information content (AvgIpc) is 2.77. The van der Waals surface area contributed by atoms with Gasteiger partial charge < -0.3 is 21.8 Å². The van der Waals surface area contributed by atoms with Crippen LogP contribution in [0.2, 0.25) is 0 Å². The standard InChI is InChI=1S/C10H15N7/c1-2-6(9-13-3-4-14-9)15-8-5-7(11)16-10(12)17-8/h3-6H,2H2,1H3,(H,13,14)(H5,11,12,15,16,17). The number of nitrogens with two attached hydrogens (primary N) is 2. The van der Waals surface area contributed by atoms with E-state index in [4.69, 9.17) is 11.5 Å². The van der Waals surface area contributed by atoms with Crippen LogP contribution in [0, 0.1) is 0 Å². The maximum Gasteiger partial charge on any atom is 0.223 e. The molecule has 90 valence electrons. The van der Waals surface area contributed by atoms with Crippen molar-refractivity contribution in [3.8, 4) is 0 Å². The maximum absolute atomic E-state index is 5.60. The molecule has 0 fully saturated rings. The zero-order chi connectivity index (χ0) is 12.3. The van der Waals surface area contributed by atoms with E-state index < -0.39 is 0 Å². The van der Waals surface area contributed by atoms with Crippen LogP contribution in [0.4, 0.5) is 17.6 Å². The monoisotopic (exact) mass is 233 g/mol. The van der Waals surface area contributed by atoms with Gasteiger partial charge in [-0.05, 0) is 6.42 Å². The third kappa shape index (κ3) is 2.63. The van der Waals surface area contributed by atoms with Crippen molar-refractivity contribution < 1.29 is 0 Å². The van der Waals surface area contributed by atoms with Gasteiger partial charge in [0.1, 0.15) is 17.5 Å². The second-order valence-electron chi connectivity index (χ2n) is 3.62. The molecule has 2 heterocycles. The lowest BCUT2D eigenvalue weighted by molar-refractivity contribution is 0.700. The Morgan fingerprint density at radius 1 is 1.41 bits per heavy atom. The number of nitrogen functional groups attached to an aromatic ring is 2. The summed E-state index contributed by atoms with van der Waals surface area (Å²) in [6.45, 7) is 2.05. The number of aromatic amines is 1. The number of imidazole rings is 1. The molecule has 1 unspecified atom stereocenters. The van der Waals surface area contributed by atoms with Gasteiger partial charge in [-0.1, -0.05) is 6.92 Å². The fraction of sp³-hybridized carbons (Fsp3) is 0.300. The van der Waals surface area contributed by atoms with Gasteiger partial charge in [0.25, 0.3) is 0 Å². The van der Waals surface area contributed by atoms with Crippen molar-refractivity contribution >= 4 is 17.6 Å². The maximum atomic E-state index is 5.60. The molecule has 0 spiro atoms. The molecule has 0 aliphatic rings. The van der Waals surface area contributed by atoms with Gasteiger partial charge in [-0.25, -0.2) is 4.98 Å². The number of hydrogen-bond acceptors (Lipinski definition) is 6. The van der Waals surface area contributed by atoms with E-state index in [2.05, 4.69) is 25.3 Å². The average molecular weight is 233 g/mol. The van der Waals surface area contributed by atoms with Crippen molar-refractivity contribution in [2.45, 2.75) is 19.4 Å². The molecule has 0 saturated heterocycles. The molecule has 6 N–H and O–H groups in total. The summed E-state index contributed by atoms with van der Waals surface area (Å²) in [5.41, 5.74) is 11.1. The predicted octanol–water partition coefficient (Wildman–Crippen LogP) is 0.927. The molecule has 0 aliphatic heterocycles. The first-order chi connectivity index (χ1) is 8.19. The van der Waals surface area contributed by atoms with E-state index in [9.17, 15) is 0 Å². The highest BCUT2D eigenvalue weighted by molar-refractivity contribution is 5.49. The predicted molar refractivity (Wildman–Crippen MR) is 66.1 cm³/mol. The third-order valence-corrected chi connectivity index (χ3v) is 2.34. The smallest absolute Gasteiger partial charge is 0.223 e. The summed E-state index contributed by atoms with van der Waals surface area (Å²) >= 11 is 0. The number of aromatic nitrogens is 4. The minimum Gasteiger partial charge on any atom is -0.383 e. The Kier molecular flexibility index (Phi) is 3.08. The number of rotatable bonds is 4. The van der Waals surface area contributed by atoms with Crippen LogP contribution in [0.15, 0.2) is 18.5 Å². The molecule has 0 aliphatic carbocycles. The highest BCUT2D eigenvalue weighted by Crippen LogP contribution is 2.19. The third-order valence-electron chi connectivity index (χ3n) is 2.34. The van der Waals surface area contributed by atoms with Gasteiger partial charge in [0.15, 0.2) is 0 Å². The van der Waals surface area contributed by atoms with Crippen molar-refractivity contribution in [1.29, 1.82) is 0 Å². The SMILES string of the molecule is CCC(Nc1cc(N)nc(N)n1)c1ncc[nH]1. The molecule has 0 bridgehead atoms. The largest absolute Gasteiger partial charge is 0.383 e. The Morgan fingerprint density at radius 3 is 2.82 bits per heavy atom. The topological polar surface area (TPSA) is 119 Å². The van der Waals surface area contributed by atoms with E-state index in [-0.39, 0.29) is 12.0 Å². The Hall–Kier alpha value is -2.31. The van der Waals surface area contributed by atoms with Crippen molar-refractivity contribution in [2.24, 2.45) is 0 Å². The normalized spacial score (nSPS) is 12.3. The van der Waals surface area contributed by atoms with Gasteiger partial charge in [-0.2, -0.15) is 9.97 Å². The molecular formula is C10H15N7. The summed E-state index contributed by atoms with van der Waals surface area (Å²) in [5.74, 6) is 1.94. The quantitative estimate of drug-likeness (QED) is 0.623. The van der Waals surface area contributed by atoms with Gasteiger partial charge in [0.05, 0.1) is 6.04 Å². The Bertz CT molecular complexity index is 459. The van der Waals surface area contributed by atoms with Gasteiger partial charge in [-0.15, -0.1) is 0 Å². The van der Waals surface area contributed by atoms with Gasteiger partial charge in [-0.3, -0.25) is 0 Å². The second-order valence-corrected chi connectivity index (χ2v) is 3.62. The highest BCUT2D eigenvalue weighted by Gasteiger charge is 2.12. The van der Waals surface area contributed by atoms with E-state index in [1.54, 1.807) is 18.5 Å². The summed E-state index contributed by atoms with van der Waals surface area (Å²) in [4.78, 5) is 15.1. The first kappa shape index (κ1) is 11.2. The van der Waals surface area contributed by atoms with Crippen LogP contribution in [0.25, 0.3) is 0 Å². The number of nitrogens with zero attached hydrogens (tertiary/aromatic N) is 3. The Morgan fingerprint density at radius 2 is 2.24 bits per heavy atom. The molecule has 2 aromatic rings. The summed E-state index contributed by atoms with van der Waals surface area (Å²) in [6, 6.07) is 1.68. The molecule has 2 rings (SSSR count). The molecule has 7 nitrogen and oxygen atoms in total. The molecule has 0 radical (unpaired) electrons. The first-order valence-electron chi connectivity index (χ1n) is 5.35. The molecule has 0 saturated carbocycles. The Labute approximate surface area is 98.7 Å². The van der Waals surface area contributed by atoms with Crippen molar-refractivity contribution in [2.75, 3.05) is 16.8 Å². The molecule has 0 aromatic carbocycles. The van der Waals surface area contributed by atoms with E-state index in [1.807, 2.05) is 6.92 Å². The van der Waals surface area contributed by atoms with Crippen LogP contribution < -0.4 is 16.8 Å². The highest BCUT2D eigenvalue weighted by atomic mass is 15.1. The van der Waals surface area contributed by atoms with E-state index in [0.29, 0.717) is 11.6 Å². The minimum absolute atomic E-state index is 0.0405. The lowest BCUT2D eigenvalue weighted by atomic mass is 10.2. The van der Waals surface area contributed by atoms with E-state index in [1.165, 1.54) is 0 Å². The van der Waals surface area contributed by atoms with E-state index in [0.717, 1.165) is 12.2 Å². The molecule has 2 aromatic heterocycles. The van der Waals surface area contributed by atoms with Crippen LogP contribution in [-0.2, 0) is 0 Å². The van der Waals surface area contributed by atoms with Crippen molar-refractivity contribution in [1.82, 2.24) is 19.9 Å². The molecule has 0 amide bonds. The van der Waals surface area contributed by atoms with E-state index >= 15 is 0 Å². The van der Waals surface area contributed by atoms with Crippen LogP contribution in [0.5, 0.6) is 0 Å². The summed E-state index contributed by atoms with van der Waals surface area (Å²) in [6.07, 6.45) is 4.35. The van der Waals surface area contributed by atoms with Crippen molar-refractivity contribution in [3.05, 3.63) is 24.3 Å². The lowest BCUT2D eigenvalue weighted by Crippen LogP contribution is -2.13. The van der Waals surface area contributed by atoms with Gasteiger partial charge in [0.2, 0.25) is 5.95 Å². The molecule has 1 atom stereocenters. The second kappa shape index (κ2) is 4.69. The van der Waals surface area contributed by atoms with Crippen LogP contribution in [-0.4, -0.2) is 19.9 Å². The minimum atomic E-state index is 0.0405. The number of nitrogens with one attached hydrogen (secondary N) is 2. The van der Waals surface area contributed by atoms with Crippen LogP contribution in [0.1, 0.15) is 25.2 Å². The fourth-order valence-electron chi connectivity index (χ4n) is 1.57. The molecule has 17 heavy (non-hydrogen) atoms. The Balaban J connectivity index is 2.18. The molecular weight excluding hydrogens is 218 g/mol. The zero-order valence-corrected chi connectivity index (χ0v) is 9.51. The van der Waals surface area contributed by atoms with Crippen LogP contribution in [0.3, 0.4) is 0 Å². The summed E-state index contributed by atoms with van der Waals surface area (Å²) in [5, 5.41) is 3.21.